The van der Waals surface area contributed by atoms with Crippen LogP contribution in [-0.4, -0.2) is 68.8 Å². The van der Waals surface area contributed by atoms with Gasteiger partial charge in [0.15, 0.2) is 6.23 Å². The van der Waals surface area contributed by atoms with Crippen LogP contribution in [0.1, 0.15) is 76.8 Å². The van der Waals surface area contributed by atoms with E-state index in [-0.39, 0.29) is 18.0 Å². The minimum Gasteiger partial charge on any atom is -0.444 e. The second-order valence-electron chi connectivity index (χ2n) is 13.6. The van der Waals surface area contributed by atoms with Crippen molar-refractivity contribution in [3.8, 4) is 11.3 Å². The fourth-order valence-electron chi connectivity index (χ4n) is 6.26. The maximum atomic E-state index is 13.0. The number of nitro groups is 1. The van der Waals surface area contributed by atoms with Crippen molar-refractivity contribution < 1.29 is 19.2 Å². The fraction of sp³-hybridized carbons (Fsp3) is 0.485. The van der Waals surface area contributed by atoms with E-state index in [2.05, 4.69) is 15.4 Å². The van der Waals surface area contributed by atoms with E-state index in [0.717, 1.165) is 54.4 Å². The lowest BCUT2D eigenvalue weighted by Crippen LogP contribution is -2.40. The van der Waals surface area contributed by atoms with Crippen LogP contribution >= 0.6 is 0 Å². The van der Waals surface area contributed by atoms with Crippen molar-refractivity contribution in [3.05, 3.63) is 70.4 Å². The highest BCUT2D eigenvalue weighted by molar-refractivity contribution is 5.95. The Morgan fingerprint density at radius 1 is 1.13 bits per heavy atom. The number of rotatable bonds is 9. The average molecular weight is 642 g/mol. The van der Waals surface area contributed by atoms with Crippen LogP contribution in [0.5, 0.6) is 0 Å². The van der Waals surface area contributed by atoms with Gasteiger partial charge in [-0.3, -0.25) is 10.1 Å². The molecule has 0 bridgehead atoms. The van der Waals surface area contributed by atoms with Crippen LogP contribution in [0.2, 0.25) is 0 Å². The fourth-order valence-corrected chi connectivity index (χ4v) is 6.26. The molecule has 7 rings (SSSR count). The molecule has 0 radical (unpaired) electrons. The van der Waals surface area contributed by atoms with Gasteiger partial charge in [0.1, 0.15) is 16.9 Å². The summed E-state index contributed by atoms with van der Waals surface area (Å²) in [5, 5.41) is 25.9. The smallest absolute Gasteiger partial charge is 0.410 e. The van der Waals surface area contributed by atoms with Crippen LogP contribution in [0.25, 0.3) is 27.8 Å². The number of fused-ring (bicyclic) bond motifs is 2. The zero-order chi connectivity index (χ0) is 32.7. The van der Waals surface area contributed by atoms with Crippen molar-refractivity contribution in [1.82, 2.24) is 39.1 Å². The van der Waals surface area contributed by atoms with Crippen molar-refractivity contribution >= 4 is 28.3 Å². The molecular formula is C33H39N9O5. The van der Waals surface area contributed by atoms with Gasteiger partial charge in [-0.15, -0.1) is 5.10 Å². The summed E-state index contributed by atoms with van der Waals surface area (Å²) in [6.07, 6.45) is 13.1. The zero-order valence-electron chi connectivity index (χ0n) is 26.9. The highest BCUT2D eigenvalue weighted by Crippen LogP contribution is 2.35. The van der Waals surface area contributed by atoms with Crippen LogP contribution in [0.4, 0.5) is 10.5 Å². The third-order valence-electron chi connectivity index (χ3n) is 8.77. The van der Waals surface area contributed by atoms with Gasteiger partial charge in [0.2, 0.25) is 0 Å². The van der Waals surface area contributed by atoms with Gasteiger partial charge in [-0.2, -0.15) is 5.10 Å². The Bertz CT molecular complexity index is 1930. The molecule has 1 aliphatic heterocycles. The topological polar surface area (TPSA) is 148 Å². The first kappa shape index (κ1) is 30.8. The summed E-state index contributed by atoms with van der Waals surface area (Å²) in [5.41, 5.74) is 3.61. The Hall–Kier alpha value is -4.85. The Kier molecular flexibility index (Phi) is 8.12. The Balaban J connectivity index is 1.11. The van der Waals surface area contributed by atoms with Crippen molar-refractivity contribution in [2.24, 2.45) is 5.92 Å². The largest absolute Gasteiger partial charge is 0.444 e. The van der Waals surface area contributed by atoms with E-state index in [4.69, 9.17) is 14.5 Å². The quantitative estimate of drug-likeness (QED) is 0.137. The predicted molar refractivity (Wildman–Crippen MR) is 173 cm³/mol. The molecule has 1 atom stereocenters. The van der Waals surface area contributed by atoms with Crippen molar-refractivity contribution in [3.63, 3.8) is 0 Å². The molecular weight excluding hydrogens is 602 g/mol. The second kappa shape index (κ2) is 12.4. The minimum atomic E-state index is -0.563. The first-order chi connectivity index (χ1) is 22.6. The molecule has 14 heteroatoms. The third-order valence-corrected chi connectivity index (χ3v) is 8.77. The minimum absolute atomic E-state index is 0.0475. The van der Waals surface area contributed by atoms with Gasteiger partial charge < -0.3 is 18.8 Å². The number of hydrogen-bond acceptors (Lipinski definition) is 9. The number of nitrogens with zero attached hydrogens (tertiary/aromatic N) is 9. The Morgan fingerprint density at radius 3 is 2.70 bits per heavy atom. The van der Waals surface area contributed by atoms with Crippen LogP contribution in [0.15, 0.2) is 49.1 Å². The third kappa shape index (κ3) is 6.68. The number of imidazole rings is 1. The summed E-state index contributed by atoms with van der Waals surface area (Å²) in [6, 6.07) is 6.99. The normalized spacial score (nSPS) is 17.2. The van der Waals surface area contributed by atoms with Gasteiger partial charge in [-0.25, -0.2) is 19.1 Å². The summed E-state index contributed by atoms with van der Waals surface area (Å²) in [4.78, 5) is 31.1. The number of hydrogen-bond donors (Lipinski definition) is 0. The molecule has 2 fully saturated rings. The van der Waals surface area contributed by atoms with Crippen LogP contribution in [-0.2, 0) is 22.6 Å². The standard InChI is InChI=1S/C33H39N9O5/c1-33(2,3)47-32(43)39(16-22-7-6-8-22)18-23-10-11-30-35-24(19-38(30)17-23)20-40-21-28(36-37-40)26-13-25(42(44)45)14-29-27(26)15-34-41(29)31-9-4-5-12-46-31/h10-11,13-15,17,19,21-22,31H,4-9,12,16,18,20H2,1-3H3. The van der Waals surface area contributed by atoms with Crippen LogP contribution in [0.3, 0.4) is 0 Å². The number of ether oxygens (including phenoxy) is 2. The molecule has 1 aliphatic carbocycles. The van der Waals surface area contributed by atoms with E-state index in [1.807, 2.05) is 54.6 Å². The summed E-state index contributed by atoms with van der Waals surface area (Å²) in [7, 11) is 0. The van der Waals surface area contributed by atoms with Crippen LogP contribution in [0, 0.1) is 16.0 Å². The van der Waals surface area contributed by atoms with Gasteiger partial charge in [-0.1, -0.05) is 17.7 Å². The molecule has 5 aromatic rings. The molecule has 1 unspecified atom stereocenters. The first-order valence-electron chi connectivity index (χ1n) is 16.2. The number of benzene rings is 1. The number of nitro benzene ring substituents is 1. The summed E-state index contributed by atoms with van der Waals surface area (Å²) < 4.78 is 17.0. The van der Waals surface area contributed by atoms with E-state index >= 15 is 0 Å². The number of pyridine rings is 1. The maximum Gasteiger partial charge on any atom is 0.410 e. The molecule has 1 saturated carbocycles. The van der Waals surface area contributed by atoms with Crippen molar-refractivity contribution in [2.45, 2.75) is 84.2 Å². The lowest BCUT2D eigenvalue weighted by atomic mass is 9.85. The highest BCUT2D eigenvalue weighted by Gasteiger charge is 2.28. The lowest BCUT2D eigenvalue weighted by molar-refractivity contribution is -0.384. The highest BCUT2D eigenvalue weighted by atomic mass is 16.6. The molecule has 0 N–H and O–H groups in total. The molecule has 4 aromatic heterocycles. The van der Waals surface area contributed by atoms with E-state index < -0.39 is 10.5 Å². The summed E-state index contributed by atoms with van der Waals surface area (Å²) in [6.45, 7) is 7.77. The van der Waals surface area contributed by atoms with Gasteiger partial charge in [0, 0.05) is 48.6 Å². The molecule has 47 heavy (non-hydrogen) atoms. The van der Waals surface area contributed by atoms with E-state index in [0.29, 0.717) is 48.9 Å². The average Bonchev–Trinajstić information content (AvgIpc) is 3.75. The molecule has 1 amide bonds. The SMILES string of the molecule is CC(C)(C)OC(=O)N(Cc1ccc2nc(Cn3cc(-c4cc([N+](=O)[O-])cc5c4cnn5C4CCCCO4)nn3)cn2c1)CC1CCC1. The van der Waals surface area contributed by atoms with Gasteiger partial charge in [0.05, 0.1) is 41.6 Å². The maximum absolute atomic E-state index is 13.0. The number of carbonyl (C=O) groups excluding carboxylic acids is 1. The first-order valence-corrected chi connectivity index (χ1v) is 16.2. The van der Waals surface area contributed by atoms with Crippen LogP contribution < -0.4 is 0 Å². The van der Waals surface area contributed by atoms with Crippen molar-refractivity contribution in [1.29, 1.82) is 0 Å². The van der Waals surface area contributed by atoms with E-state index in [1.54, 1.807) is 27.8 Å². The van der Waals surface area contributed by atoms with Crippen molar-refractivity contribution in [2.75, 3.05) is 13.2 Å². The second-order valence-corrected chi connectivity index (χ2v) is 13.6. The number of aromatic nitrogens is 7. The Morgan fingerprint density at radius 2 is 1.98 bits per heavy atom. The van der Waals surface area contributed by atoms with Gasteiger partial charge >= 0.3 is 6.09 Å². The molecule has 5 heterocycles. The molecule has 0 spiro atoms. The summed E-state index contributed by atoms with van der Waals surface area (Å²) in [5.74, 6) is 0.513. The molecule has 14 nitrogen and oxygen atoms in total. The number of non-ortho nitro benzene ring substituents is 1. The van der Waals surface area contributed by atoms with Gasteiger partial charge in [-0.05, 0) is 70.4 Å². The monoisotopic (exact) mass is 641 g/mol. The van der Waals surface area contributed by atoms with E-state index in [1.165, 1.54) is 12.5 Å². The molecule has 2 aliphatic rings. The summed E-state index contributed by atoms with van der Waals surface area (Å²) >= 11 is 0. The Labute approximate surface area is 271 Å². The predicted octanol–water partition coefficient (Wildman–Crippen LogP) is 6.14. The lowest BCUT2D eigenvalue weighted by Gasteiger charge is -2.33. The molecule has 246 valence electrons. The molecule has 1 saturated heterocycles. The van der Waals surface area contributed by atoms with Gasteiger partial charge in [0.25, 0.3) is 5.69 Å². The number of amides is 1. The molecule has 1 aromatic carbocycles. The number of carbonyl (C=O) groups is 1. The zero-order valence-corrected chi connectivity index (χ0v) is 26.9. The van der Waals surface area contributed by atoms with E-state index in [9.17, 15) is 14.9 Å².